The van der Waals surface area contributed by atoms with E-state index < -0.39 is 23.7 Å². The molecule has 1 rings (SSSR count). The fraction of sp³-hybridized carbons (Fsp3) is 0.818. The van der Waals surface area contributed by atoms with Gasteiger partial charge in [0.1, 0.15) is 0 Å². The zero-order valence-electron chi connectivity index (χ0n) is 10.4. The third kappa shape index (κ3) is 2.66. The van der Waals surface area contributed by atoms with Gasteiger partial charge < -0.3 is 4.90 Å². The quantitative estimate of drug-likeness (QED) is 0.442. The van der Waals surface area contributed by atoms with E-state index in [-0.39, 0.29) is 13.1 Å². The first kappa shape index (κ1) is 15.4. The smallest absolute Gasteiger partial charge is 0.304 e. The van der Waals surface area contributed by atoms with Crippen molar-refractivity contribution < 1.29 is 22.0 Å². The molecule has 0 spiro atoms. The number of nitrogens with zero attached hydrogens (tertiary/aromatic N) is 2. The number of piperazine rings is 1. The summed E-state index contributed by atoms with van der Waals surface area (Å²) in [7, 11) is 1.77. The lowest BCUT2D eigenvalue weighted by Crippen LogP contribution is -2.60. The van der Waals surface area contributed by atoms with E-state index in [1.54, 1.807) is 7.05 Å². The predicted molar refractivity (Wildman–Crippen MR) is 58.7 cm³/mol. The molecule has 0 aromatic rings. The Morgan fingerprint density at radius 1 is 1.11 bits per heavy atom. The average molecular weight is 272 g/mol. The van der Waals surface area contributed by atoms with Crippen LogP contribution in [0.5, 0.6) is 0 Å². The van der Waals surface area contributed by atoms with Gasteiger partial charge in [-0.3, -0.25) is 4.90 Å². The molecule has 18 heavy (non-hydrogen) atoms. The zero-order chi connectivity index (χ0) is 14.1. The van der Waals surface area contributed by atoms with Crippen molar-refractivity contribution in [2.45, 2.75) is 25.1 Å². The van der Waals surface area contributed by atoms with Crippen molar-refractivity contribution in [3.8, 4) is 0 Å². The lowest BCUT2D eigenvalue weighted by Gasteiger charge is -2.40. The summed E-state index contributed by atoms with van der Waals surface area (Å²) in [6.45, 7) is 4.75. The van der Waals surface area contributed by atoms with E-state index in [0.717, 1.165) is 11.8 Å². The number of halogens is 5. The molecule has 7 heteroatoms. The van der Waals surface area contributed by atoms with Crippen LogP contribution >= 0.6 is 0 Å². The Hall–Kier alpha value is -0.690. The molecule has 0 bridgehead atoms. The number of hydrogen-bond donors (Lipinski definition) is 0. The fourth-order valence-electron chi connectivity index (χ4n) is 1.88. The van der Waals surface area contributed by atoms with Crippen molar-refractivity contribution in [1.29, 1.82) is 0 Å². The minimum atomic E-state index is -5.30. The van der Waals surface area contributed by atoms with E-state index in [4.69, 9.17) is 0 Å². The second kappa shape index (κ2) is 5.13. The van der Waals surface area contributed by atoms with E-state index >= 15 is 0 Å². The third-order valence-electron chi connectivity index (χ3n) is 3.22. The summed E-state index contributed by atoms with van der Waals surface area (Å²) in [6, 6.07) is 0. The van der Waals surface area contributed by atoms with E-state index in [1.807, 2.05) is 4.90 Å². The van der Waals surface area contributed by atoms with Crippen molar-refractivity contribution in [2.24, 2.45) is 0 Å². The Morgan fingerprint density at radius 2 is 1.56 bits per heavy atom. The van der Waals surface area contributed by atoms with Gasteiger partial charge in [0, 0.05) is 26.2 Å². The summed E-state index contributed by atoms with van der Waals surface area (Å²) in [4.78, 5) is 2.72. The fourth-order valence-corrected chi connectivity index (χ4v) is 1.88. The van der Waals surface area contributed by atoms with Gasteiger partial charge in [0.25, 0.3) is 5.67 Å². The van der Waals surface area contributed by atoms with Crippen molar-refractivity contribution in [2.75, 3.05) is 33.2 Å². The summed E-state index contributed by atoms with van der Waals surface area (Å²) in [5, 5.41) is 0. The first-order chi connectivity index (χ1) is 8.10. The Kier molecular flexibility index (Phi) is 4.38. The van der Waals surface area contributed by atoms with Gasteiger partial charge in [-0.15, -0.1) is 0 Å². The standard InChI is InChI=1S/C11H17F5N2/c1-8(2)10(13,11(14,15)16)9(12)18-6-4-17(3)5-7-18/h9H,1,4-7H2,2-3H3. The van der Waals surface area contributed by atoms with Gasteiger partial charge in [0.05, 0.1) is 0 Å². The monoisotopic (exact) mass is 272 g/mol. The molecule has 0 saturated carbocycles. The summed E-state index contributed by atoms with van der Waals surface area (Å²) in [5.74, 6) is 0. The largest absolute Gasteiger partial charge is 0.430 e. The summed E-state index contributed by atoms with van der Waals surface area (Å²) < 4.78 is 66.2. The van der Waals surface area contributed by atoms with Crippen LogP contribution in [0.15, 0.2) is 12.2 Å². The highest BCUT2D eigenvalue weighted by molar-refractivity contribution is 5.17. The topological polar surface area (TPSA) is 6.48 Å². The maximum Gasteiger partial charge on any atom is 0.430 e. The van der Waals surface area contributed by atoms with Gasteiger partial charge in [0.15, 0.2) is 0 Å². The van der Waals surface area contributed by atoms with E-state index in [2.05, 4.69) is 6.58 Å². The Balaban J connectivity index is 2.91. The predicted octanol–water partition coefficient (Wildman–Crippen LogP) is 2.38. The molecule has 2 atom stereocenters. The molecular weight excluding hydrogens is 255 g/mol. The van der Waals surface area contributed by atoms with Crippen LogP contribution < -0.4 is 0 Å². The summed E-state index contributed by atoms with van der Waals surface area (Å²) >= 11 is 0. The Morgan fingerprint density at radius 3 is 1.89 bits per heavy atom. The molecule has 1 heterocycles. The van der Waals surface area contributed by atoms with Gasteiger partial charge >= 0.3 is 6.18 Å². The maximum atomic E-state index is 14.0. The molecule has 2 nitrogen and oxygen atoms in total. The molecule has 0 aliphatic carbocycles. The molecule has 1 saturated heterocycles. The van der Waals surface area contributed by atoms with Crippen LogP contribution in [-0.4, -0.2) is 61.2 Å². The second-order valence-electron chi connectivity index (χ2n) is 4.66. The van der Waals surface area contributed by atoms with Crippen LogP contribution in [0.4, 0.5) is 22.0 Å². The SMILES string of the molecule is C=C(C)C(F)(C(F)N1CCN(C)CC1)C(F)(F)F. The molecule has 0 aromatic carbocycles. The highest BCUT2D eigenvalue weighted by Crippen LogP contribution is 2.44. The summed E-state index contributed by atoms with van der Waals surface area (Å²) in [5.41, 5.74) is -4.87. The van der Waals surface area contributed by atoms with Crippen LogP contribution in [0.25, 0.3) is 0 Å². The molecule has 0 radical (unpaired) electrons. The van der Waals surface area contributed by atoms with Gasteiger partial charge in [-0.05, 0) is 19.5 Å². The molecule has 0 amide bonds. The zero-order valence-corrected chi connectivity index (χ0v) is 10.4. The lowest BCUT2D eigenvalue weighted by atomic mass is 9.95. The molecular formula is C11H17F5N2. The molecule has 1 aliphatic rings. The maximum absolute atomic E-state index is 14.0. The van der Waals surface area contributed by atoms with E-state index in [1.165, 1.54) is 0 Å². The summed E-state index contributed by atoms with van der Waals surface area (Å²) in [6.07, 6.45) is -8.05. The highest BCUT2D eigenvalue weighted by atomic mass is 19.4. The van der Waals surface area contributed by atoms with Crippen molar-refractivity contribution in [1.82, 2.24) is 9.80 Å². The van der Waals surface area contributed by atoms with Gasteiger partial charge in [-0.1, -0.05) is 6.58 Å². The number of likely N-dealkylation sites (N-methyl/N-ethyl adjacent to an activating group) is 1. The molecule has 1 aliphatic heterocycles. The van der Waals surface area contributed by atoms with Crippen LogP contribution in [-0.2, 0) is 0 Å². The average Bonchev–Trinajstić information content (AvgIpc) is 2.26. The van der Waals surface area contributed by atoms with Crippen molar-refractivity contribution >= 4 is 0 Å². The molecule has 106 valence electrons. The Labute approximate surface area is 103 Å². The first-order valence-corrected chi connectivity index (χ1v) is 5.59. The molecule has 1 fully saturated rings. The van der Waals surface area contributed by atoms with Crippen molar-refractivity contribution in [3.63, 3.8) is 0 Å². The Bertz CT molecular complexity index is 309. The molecule has 0 N–H and O–H groups in total. The van der Waals surface area contributed by atoms with Crippen LogP contribution in [0.1, 0.15) is 6.92 Å². The van der Waals surface area contributed by atoms with Crippen LogP contribution in [0.3, 0.4) is 0 Å². The van der Waals surface area contributed by atoms with Crippen LogP contribution in [0.2, 0.25) is 0 Å². The highest BCUT2D eigenvalue weighted by Gasteiger charge is 2.64. The third-order valence-corrected chi connectivity index (χ3v) is 3.22. The van der Waals surface area contributed by atoms with Gasteiger partial charge in [-0.2, -0.15) is 13.2 Å². The number of hydrogen-bond acceptors (Lipinski definition) is 2. The van der Waals surface area contributed by atoms with Gasteiger partial charge in [0.2, 0.25) is 6.30 Å². The lowest BCUT2D eigenvalue weighted by molar-refractivity contribution is -0.254. The molecule has 0 aromatic heterocycles. The van der Waals surface area contributed by atoms with E-state index in [9.17, 15) is 22.0 Å². The second-order valence-corrected chi connectivity index (χ2v) is 4.66. The number of alkyl halides is 5. The minimum absolute atomic E-state index is 0.0622. The normalized spacial score (nSPS) is 24.6. The molecule has 2 unspecified atom stereocenters. The number of rotatable bonds is 3. The minimum Gasteiger partial charge on any atom is -0.304 e. The van der Waals surface area contributed by atoms with Gasteiger partial charge in [-0.25, -0.2) is 8.78 Å². The van der Waals surface area contributed by atoms with E-state index in [0.29, 0.717) is 13.1 Å². The van der Waals surface area contributed by atoms with Crippen LogP contribution in [0, 0.1) is 0 Å². The first-order valence-electron chi connectivity index (χ1n) is 5.59. The van der Waals surface area contributed by atoms with Crippen molar-refractivity contribution in [3.05, 3.63) is 12.2 Å².